The number of amides is 1. The van der Waals surface area contributed by atoms with Crippen LogP contribution in [0.4, 0.5) is 11.4 Å². The predicted molar refractivity (Wildman–Crippen MR) is 107 cm³/mol. The van der Waals surface area contributed by atoms with Crippen LogP contribution in [0.3, 0.4) is 0 Å². The van der Waals surface area contributed by atoms with Gasteiger partial charge in [-0.15, -0.1) is 11.8 Å². The normalized spacial score (nSPS) is 16.9. The second-order valence-corrected chi connectivity index (χ2v) is 7.39. The molecule has 6 nitrogen and oxygen atoms in total. The van der Waals surface area contributed by atoms with Gasteiger partial charge in [-0.2, -0.15) is 0 Å². The molecule has 0 aromatic heterocycles. The fourth-order valence-electron chi connectivity index (χ4n) is 2.32. The molecule has 3 rings (SSSR count). The molecule has 1 aliphatic heterocycles. The number of thioether (sulfide) groups is 2. The molecule has 1 aliphatic rings. The van der Waals surface area contributed by atoms with Gasteiger partial charge in [0.25, 0.3) is 11.6 Å². The first kappa shape index (κ1) is 18.2. The smallest absolute Gasteiger partial charge is 0.269 e. The van der Waals surface area contributed by atoms with Crippen LogP contribution in [0.25, 0.3) is 6.08 Å². The van der Waals surface area contributed by atoms with Crippen LogP contribution >= 0.6 is 23.5 Å². The fraction of sp³-hybridized carbons (Fsp3) is 0.111. The van der Waals surface area contributed by atoms with E-state index < -0.39 is 4.92 Å². The molecule has 1 N–H and O–H groups in total. The molecule has 2 aromatic rings. The van der Waals surface area contributed by atoms with Crippen molar-refractivity contribution in [1.29, 1.82) is 0 Å². The van der Waals surface area contributed by atoms with Gasteiger partial charge in [0.15, 0.2) is 5.17 Å². The van der Waals surface area contributed by atoms with Gasteiger partial charge in [0.2, 0.25) is 0 Å². The summed E-state index contributed by atoms with van der Waals surface area (Å²) in [6, 6.07) is 12.4. The molecule has 8 heteroatoms. The number of nitrogens with one attached hydrogen (secondary N) is 1. The van der Waals surface area contributed by atoms with E-state index in [4.69, 9.17) is 0 Å². The molecule has 2 aromatic carbocycles. The third-order valence-corrected chi connectivity index (χ3v) is 5.33. The van der Waals surface area contributed by atoms with E-state index in [1.54, 1.807) is 24.8 Å². The number of non-ortho nitro benzene ring substituents is 1. The van der Waals surface area contributed by atoms with E-state index in [0.29, 0.717) is 21.3 Å². The first-order chi connectivity index (χ1) is 12.5. The average molecular weight is 385 g/mol. The molecule has 0 aliphatic carbocycles. The number of rotatable bonds is 4. The van der Waals surface area contributed by atoms with Crippen molar-refractivity contribution in [3.63, 3.8) is 0 Å². The van der Waals surface area contributed by atoms with Crippen LogP contribution < -0.4 is 5.32 Å². The number of hydrogen-bond acceptors (Lipinski definition) is 6. The number of aliphatic imine (C=N–C) groups is 1. The van der Waals surface area contributed by atoms with Gasteiger partial charge in [0, 0.05) is 17.0 Å². The number of nitrogens with zero attached hydrogens (tertiary/aromatic N) is 2. The number of nitro groups is 1. The summed E-state index contributed by atoms with van der Waals surface area (Å²) in [5, 5.41) is 14.0. The van der Waals surface area contributed by atoms with Crippen molar-refractivity contribution in [1.82, 2.24) is 5.32 Å². The van der Waals surface area contributed by atoms with Crippen LogP contribution in [0.15, 0.2) is 57.3 Å². The van der Waals surface area contributed by atoms with Gasteiger partial charge in [0.1, 0.15) is 0 Å². The Morgan fingerprint density at radius 3 is 2.58 bits per heavy atom. The third-order valence-electron chi connectivity index (χ3n) is 3.68. The van der Waals surface area contributed by atoms with Crippen LogP contribution in [0, 0.1) is 17.0 Å². The summed E-state index contributed by atoms with van der Waals surface area (Å²) in [4.78, 5) is 28.6. The molecule has 1 saturated heterocycles. The molecule has 0 atom stereocenters. The zero-order valence-corrected chi connectivity index (χ0v) is 15.7. The standard InChI is InChI=1S/C18H15N3O3S2/c1-11-9-13(21(23)24)5-8-15(11)19-18-20-17(22)16(26-18)10-12-3-6-14(25-2)7-4-12/h3-10H,1-2H3,(H,19,20,22)/b16-10+. The fourth-order valence-corrected chi connectivity index (χ4v) is 3.56. The number of benzene rings is 2. The Balaban J connectivity index is 1.81. The number of nitro benzene ring substituents is 1. The van der Waals surface area contributed by atoms with E-state index in [-0.39, 0.29) is 11.6 Å². The van der Waals surface area contributed by atoms with Crippen molar-refractivity contribution in [2.45, 2.75) is 11.8 Å². The van der Waals surface area contributed by atoms with Crippen molar-refractivity contribution < 1.29 is 9.72 Å². The van der Waals surface area contributed by atoms with Gasteiger partial charge in [-0.25, -0.2) is 4.99 Å². The first-order valence-electron chi connectivity index (χ1n) is 7.65. The van der Waals surface area contributed by atoms with Crippen LogP contribution in [0.2, 0.25) is 0 Å². The van der Waals surface area contributed by atoms with Gasteiger partial charge in [0.05, 0.1) is 15.5 Å². The maximum atomic E-state index is 12.2. The second-order valence-electron chi connectivity index (χ2n) is 5.48. The number of hydrogen-bond donors (Lipinski definition) is 1. The maximum Gasteiger partial charge on any atom is 0.269 e. The number of carbonyl (C=O) groups excluding carboxylic acids is 1. The minimum absolute atomic E-state index is 0.0174. The molecule has 1 amide bonds. The Kier molecular flexibility index (Phi) is 5.43. The summed E-state index contributed by atoms with van der Waals surface area (Å²) >= 11 is 2.91. The lowest BCUT2D eigenvalue weighted by atomic mass is 10.2. The molecule has 1 heterocycles. The molecule has 1 fully saturated rings. The summed E-state index contributed by atoms with van der Waals surface area (Å²) in [5.74, 6) is -0.206. The molecular weight excluding hydrogens is 370 g/mol. The van der Waals surface area contributed by atoms with Crippen molar-refractivity contribution in [2.24, 2.45) is 4.99 Å². The second kappa shape index (κ2) is 7.76. The van der Waals surface area contributed by atoms with Gasteiger partial charge >= 0.3 is 0 Å². The highest BCUT2D eigenvalue weighted by atomic mass is 32.2. The quantitative estimate of drug-likeness (QED) is 0.362. The summed E-state index contributed by atoms with van der Waals surface area (Å²) < 4.78 is 0. The minimum Gasteiger partial charge on any atom is -0.300 e. The van der Waals surface area contributed by atoms with Crippen molar-refractivity contribution >= 4 is 52.0 Å². The van der Waals surface area contributed by atoms with E-state index in [0.717, 1.165) is 10.5 Å². The Hall–Kier alpha value is -2.58. The monoisotopic (exact) mass is 385 g/mol. The maximum absolute atomic E-state index is 12.2. The molecule has 0 radical (unpaired) electrons. The Morgan fingerprint density at radius 1 is 1.23 bits per heavy atom. The molecular formula is C18H15N3O3S2. The highest BCUT2D eigenvalue weighted by Gasteiger charge is 2.24. The Labute approximate surface area is 158 Å². The first-order valence-corrected chi connectivity index (χ1v) is 9.69. The average Bonchev–Trinajstić information content (AvgIpc) is 2.96. The molecule has 132 valence electrons. The Morgan fingerprint density at radius 2 is 1.96 bits per heavy atom. The summed E-state index contributed by atoms with van der Waals surface area (Å²) in [6.45, 7) is 1.75. The molecule has 0 bridgehead atoms. The van der Waals surface area contributed by atoms with Crippen LogP contribution in [0.1, 0.15) is 11.1 Å². The van der Waals surface area contributed by atoms with Crippen molar-refractivity contribution in [3.05, 3.63) is 68.6 Å². The Bertz CT molecular complexity index is 937. The van der Waals surface area contributed by atoms with Gasteiger partial charge < -0.3 is 5.32 Å². The van der Waals surface area contributed by atoms with Gasteiger partial charge in [-0.1, -0.05) is 12.1 Å². The minimum atomic E-state index is -0.445. The van der Waals surface area contributed by atoms with E-state index >= 15 is 0 Å². The van der Waals surface area contributed by atoms with Gasteiger partial charge in [-0.3, -0.25) is 14.9 Å². The summed E-state index contributed by atoms with van der Waals surface area (Å²) in [7, 11) is 0. The number of amidine groups is 1. The lowest BCUT2D eigenvalue weighted by Gasteiger charge is -2.01. The van der Waals surface area contributed by atoms with E-state index in [1.165, 1.54) is 23.9 Å². The van der Waals surface area contributed by atoms with Crippen LogP contribution in [-0.4, -0.2) is 22.3 Å². The molecule has 0 unspecified atom stereocenters. The lowest BCUT2D eigenvalue weighted by Crippen LogP contribution is -2.19. The predicted octanol–water partition coefficient (Wildman–Crippen LogP) is 4.52. The topological polar surface area (TPSA) is 84.6 Å². The third kappa shape index (κ3) is 4.14. The number of carbonyl (C=O) groups is 1. The van der Waals surface area contributed by atoms with Gasteiger partial charge in [-0.05, 0) is 60.3 Å². The van der Waals surface area contributed by atoms with E-state index in [2.05, 4.69) is 10.3 Å². The SMILES string of the molecule is CSc1ccc(/C=C2/SC(=Nc3ccc([N+](=O)[O-])cc3C)NC2=O)cc1. The summed E-state index contributed by atoms with van der Waals surface area (Å²) in [6.07, 6.45) is 3.83. The van der Waals surface area contributed by atoms with Crippen LogP contribution in [-0.2, 0) is 4.79 Å². The van der Waals surface area contributed by atoms with Crippen LogP contribution in [0.5, 0.6) is 0 Å². The zero-order valence-electron chi connectivity index (χ0n) is 14.1. The summed E-state index contributed by atoms with van der Waals surface area (Å²) in [5.41, 5.74) is 2.22. The number of aryl methyl sites for hydroxylation is 1. The van der Waals surface area contributed by atoms with Crippen molar-refractivity contribution in [3.8, 4) is 0 Å². The molecule has 26 heavy (non-hydrogen) atoms. The largest absolute Gasteiger partial charge is 0.300 e. The van der Waals surface area contributed by atoms with E-state index in [9.17, 15) is 14.9 Å². The molecule has 0 saturated carbocycles. The molecule has 0 spiro atoms. The highest BCUT2D eigenvalue weighted by Crippen LogP contribution is 2.30. The zero-order chi connectivity index (χ0) is 18.7. The van der Waals surface area contributed by atoms with E-state index in [1.807, 2.05) is 36.6 Å². The highest BCUT2D eigenvalue weighted by molar-refractivity contribution is 8.18. The van der Waals surface area contributed by atoms with Crippen molar-refractivity contribution in [2.75, 3.05) is 6.26 Å². The lowest BCUT2D eigenvalue weighted by molar-refractivity contribution is -0.384.